The molecule has 0 radical (unpaired) electrons. The van der Waals surface area contributed by atoms with Crippen LogP contribution in [0.1, 0.15) is 56.1 Å². The van der Waals surface area contributed by atoms with Crippen molar-refractivity contribution >= 4 is 46.3 Å². The van der Waals surface area contributed by atoms with E-state index in [1.54, 1.807) is 17.2 Å². The van der Waals surface area contributed by atoms with Gasteiger partial charge in [-0.2, -0.15) is 5.10 Å². The third-order valence-corrected chi connectivity index (χ3v) is 6.94. The number of hydrogen-bond acceptors (Lipinski definition) is 5. The molecule has 180 valence electrons. The maximum Gasteiger partial charge on any atom is 0.210 e. The van der Waals surface area contributed by atoms with Crippen molar-refractivity contribution in [2.75, 3.05) is 19.6 Å². The first kappa shape index (κ1) is 24.6. The van der Waals surface area contributed by atoms with Crippen LogP contribution in [0.5, 0.6) is 0 Å². The molecular formula is C25H30Cl2N6O. The predicted molar refractivity (Wildman–Crippen MR) is 137 cm³/mol. The Labute approximate surface area is 210 Å². The van der Waals surface area contributed by atoms with Crippen molar-refractivity contribution in [3.63, 3.8) is 0 Å². The molecule has 0 saturated carbocycles. The molecular weight excluding hydrogens is 471 g/mol. The van der Waals surface area contributed by atoms with Crippen molar-refractivity contribution in [3.8, 4) is 0 Å². The van der Waals surface area contributed by atoms with E-state index in [-0.39, 0.29) is 12.1 Å². The molecule has 0 aliphatic carbocycles. The Hall–Kier alpha value is -2.48. The first-order valence-corrected chi connectivity index (χ1v) is 12.4. The van der Waals surface area contributed by atoms with Gasteiger partial charge in [-0.05, 0) is 76.4 Å². The molecule has 7 nitrogen and oxygen atoms in total. The zero-order chi connectivity index (χ0) is 24.2. The van der Waals surface area contributed by atoms with E-state index in [0.717, 1.165) is 40.9 Å². The number of carbonyl (C=O) groups is 1. The molecule has 5 rings (SSSR count). The van der Waals surface area contributed by atoms with Crippen molar-refractivity contribution in [2.45, 2.75) is 52.1 Å². The van der Waals surface area contributed by atoms with Crippen molar-refractivity contribution in [2.24, 2.45) is 0 Å². The summed E-state index contributed by atoms with van der Waals surface area (Å²) in [4.78, 5) is 22.4. The highest BCUT2D eigenvalue weighted by atomic mass is 35.5. The van der Waals surface area contributed by atoms with E-state index in [4.69, 9.17) is 28.2 Å². The predicted octanol–water partition coefficient (Wildman–Crippen LogP) is 5.05. The number of aromatic nitrogens is 4. The highest BCUT2D eigenvalue weighted by Crippen LogP contribution is 2.31. The molecule has 2 atom stereocenters. The average Bonchev–Trinajstić information content (AvgIpc) is 3.51. The smallest absolute Gasteiger partial charge is 0.210 e. The number of nitrogens with one attached hydrogen (secondary N) is 1. The molecule has 1 saturated heterocycles. The highest BCUT2D eigenvalue weighted by Gasteiger charge is 2.22. The largest absolute Gasteiger partial charge is 0.339 e. The van der Waals surface area contributed by atoms with Crippen LogP contribution in [-0.4, -0.2) is 56.7 Å². The molecule has 1 fully saturated rings. The summed E-state index contributed by atoms with van der Waals surface area (Å²) >= 11 is 12.5. The molecule has 0 bridgehead atoms. The Morgan fingerprint density at radius 1 is 1.24 bits per heavy atom. The van der Waals surface area contributed by atoms with Gasteiger partial charge in [-0.25, -0.2) is 14.6 Å². The third kappa shape index (κ3) is 5.27. The van der Waals surface area contributed by atoms with E-state index < -0.39 is 0 Å². The van der Waals surface area contributed by atoms with E-state index in [1.807, 2.05) is 37.6 Å². The quantitative estimate of drug-likeness (QED) is 0.506. The SMILES string of the molecule is C1CCNC1.Cc1nn(C(C)c2ccc(Cl)cc2Cl)c2nc(C3=C[C@H](C)N(C=O)CC3)cnc12. The van der Waals surface area contributed by atoms with E-state index in [2.05, 4.69) is 21.5 Å². The fourth-order valence-corrected chi connectivity index (χ4v) is 4.92. The molecule has 1 amide bonds. The zero-order valence-electron chi connectivity index (χ0n) is 19.8. The van der Waals surface area contributed by atoms with Crippen LogP contribution in [0, 0.1) is 6.92 Å². The second-order valence-electron chi connectivity index (χ2n) is 8.78. The number of aryl methyl sites for hydroxylation is 1. The molecule has 34 heavy (non-hydrogen) atoms. The summed E-state index contributed by atoms with van der Waals surface area (Å²) in [6, 6.07) is 5.37. The molecule has 2 aliphatic heterocycles. The number of fused-ring (bicyclic) bond motifs is 1. The zero-order valence-corrected chi connectivity index (χ0v) is 21.3. The van der Waals surface area contributed by atoms with E-state index in [0.29, 0.717) is 22.2 Å². The van der Waals surface area contributed by atoms with Crippen LogP contribution in [0.25, 0.3) is 16.7 Å². The van der Waals surface area contributed by atoms with Gasteiger partial charge in [-0.3, -0.25) is 4.79 Å². The number of benzene rings is 1. The van der Waals surface area contributed by atoms with Crippen LogP contribution in [-0.2, 0) is 4.79 Å². The van der Waals surface area contributed by atoms with Gasteiger partial charge in [-0.1, -0.05) is 35.3 Å². The first-order chi connectivity index (χ1) is 16.4. The van der Waals surface area contributed by atoms with E-state index in [9.17, 15) is 4.79 Å². The fourth-order valence-electron chi connectivity index (χ4n) is 4.36. The second-order valence-corrected chi connectivity index (χ2v) is 9.63. The molecule has 2 aliphatic rings. The first-order valence-electron chi connectivity index (χ1n) is 11.7. The minimum absolute atomic E-state index is 0.0344. The minimum Gasteiger partial charge on any atom is -0.339 e. The normalized spacial score (nSPS) is 18.9. The average molecular weight is 501 g/mol. The van der Waals surface area contributed by atoms with Crippen molar-refractivity contribution in [1.82, 2.24) is 30.0 Å². The summed E-state index contributed by atoms with van der Waals surface area (Å²) in [6.07, 6.45) is 8.27. The summed E-state index contributed by atoms with van der Waals surface area (Å²) in [5.74, 6) is 0. The lowest BCUT2D eigenvalue weighted by Crippen LogP contribution is -2.34. The Kier molecular flexibility index (Phi) is 7.86. The lowest BCUT2D eigenvalue weighted by molar-refractivity contribution is -0.119. The maximum absolute atomic E-state index is 11.1. The summed E-state index contributed by atoms with van der Waals surface area (Å²) < 4.78 is 1.86. The van der Waals surface area contributed by atoms with Crippen LogP contribution < -0.4 is 5.32 Å². The Morgan fingerprint density at radius 3 is 2.62 bits per heavy atom. The number of hydrogen-bond donors (Lipinski definition) is 1. The molecule has 1 N–H and O–H groups in total. The third-order valence-electron chi connectivity index (χ3n) is 6.38. The van der Waals surface area contributed by atoms with Gasteiger partial charge >= 0.3 is 0 Å². The summed E-state index contributed by atoms with van der Waals surface area (Å²) in [7, 11) is 0. The monoisotopic (exact) mass is 500 g/mol. The molecule has 9 heteroatoms. The van der Waals surface area contributed by atoms with Gasteiger partial charge < -0.3 is 10.2 Å². The summed E-state index contributed by atoms with van der Waals surface area (Å²) in [6.45, 7) is 9.12. The van der Waals surface area contributed by atoms with Crippen molar-refractivity contribution in [1.29, 1.82) is 0 Å². The van der Waals surface area contributed by atoms with Crippen LogP contribution in [0.4, 0.5) is 0 Å². The van der Waals surface area contributed by atoms with Crippen LogP contribution >= 0.6 is 23.2 Å². The lowest BCUT2D eigenvalue weighted by atomic mass is 10.0. The van der Waals surface area contributed by atoms with Gasteiger partial charge in [0.15, 0.2) is 5.65 Å². The Morgan fingerprint density at radius 2 is 2.00 bits per heavy atom. The van der Waals surface area contributed by atoms with Crippen molar-refractivity contribution < 1.29 is 4.79 Å². The van der Waals surface area contributed by atoms with Gasteiger partial charge in [0.05, 0.1) is 23.6 Å². The Balaban J connectivity index is 0.000000486. The highest BCUT2D eigenvalue weighted by molar-refractivity contribution is 6.35. The van der Waals surface area contributed by atoms with Crippen LogP contribution in [0.15, 0.2) is 30.5 Å². The van der Waals surface area contributed by atoms with E-state index >= 15 is 0 Å². The van der Waals surface area contributed by atoms with Crippen LogP contribution in [0.3, 0.4) is 0 Å². The maximum atomic E-state index is 11.1. The van der Waals surface area contributed by atoms with Gasteiger partial charge in [0, 0.05) is 22.6 Å². The van der Waals surface area contributed by atoms with Gasteiger partial charge in [0.1, 0.15) is 5.52 Å². The summed E-state index contributed by atoms with van der Waals surface area (Å²) in [5.41, 5.74) is 5.11. The minimum atomic E-state index is -0.134. The number of rotatable bonds is 4. The molecule has 1 aromatic carbocycles. The number of nitrogens with zero attached hydrogens (tertiary/aromatic N) is 5. The molecule has 0 spiro atoms. The molecule has 1 unspecified atom stereocenters. The standard InChI is InChI=1S/C21H21Cl2N5O.C4H9N/c1-12-8-15(6-7-27(12)11-29)19-10-24-20-13(2)26-28(21(20)25-19)14(3)17-5-4-16(22)9-18(17)23;1-2-4-5-3-1/h4-5,8-12,14H,6-7H2,1-3H3;5H,1-4H2/t12-,14?;/m0./s1. The Bertz CT molecular complexity index is 1200. The topological polar surface area (TPSA) is 75.9 Å². The molecule has 2 aromatic heterocycles. The number of carbonyl (C=O) groups excluding carboxylic acids is 1. The molecule has 4 heterocycles. The van der Waals surface area contributed by atoms with Gasteiger partial charge in [0.2, 0.25) is 6.41 Å². The number of amides is 1. The number of halogens is 2. The van der Waals surface area contributed by atoms with Crippen LogP contribution in [0.2, 0.25) is 10.0 Å². The lowest BCUT2D eigenvalue weighted by Gasteiger charge is -2.28. The van der Waals surface area contributed by atoms with Gasteiger partial charge in [0.25, 0.3) is 0 Å². The molecule has 3 aromatic rings. The van der Waals surface area contributed by atoms with Crippen molar-refractivity contribution in [3.05, 3.63) is 57.5 Å². The van der Waals surface area contributed by atoms with E-state index in [1.165, 1.54) is 25.9 Å². The fraction of sp³-hybridized carbons (Fsp3) is 0.440. The second kappa shape index (κ2) is 10.8. The van der Waals surface area contributed by atoms with Gasteiger partial charge in [-0.15, -0.1) is 0 Å². The summed E-state index contributed by atoms with van der Waals surface area (Å²) in [5, 5.41) is 9.09.